The summed E-state index contributed by atoms with van der Waals surface area (Å²) < 4.78 is 17.7. The van der Waals surface area contributed by atoms with Crippen molar-refractivity contribution in [3.05, 3.63) is 76.2 Å². The van der Waals surface area contributed by atoms with Crippen LogP contribution in [0.25, 0.3) is 6.08 Å². The molecule has 1 aliphatic rings. The van der Waals surface area contributed by atoms with Crippen molar-refractivity contribution in [3.8, 4) is 0 Å². The molecule has 0 saturated heterocycles. The first kappa shape index (κ1) is 25.0. The van der Waals surface area contributed by atoms with Gasteiger partial charge in [-0.3, -0.25) is 0 Å². The summed E-state index contributed by atoms with van der Waals surface area (Å²) in [6.07, 6.45) is 5.47. The SMILES string of the molecule is CCCN1CCN(Cc2cc(Cc3cc(/C=C(/C)N)c(N)n3C)ccc2C)S(=O)c2cccnc21. The fraction of sp³-hybridized carbons (Fsp3) is 0.370. The molecule has 0 radical (unpaired) electrons. The minimum atomic E-state index is -1.27. The molecule has 0 spiro atoms. The van der Waals surface area contributed by atoms with Crippen molar-refractivity contribution in [1.82, 2.24) is 13.9 Å². The lowest BCUT2D eigenvalue weighted by molar-refractivity contribution is 0.446. The second-order valence-corrected chi connectivity index (χ2v) is 10.7. The third-order valence-electron chi connectivity index (χ3n) is 6.52. The van der Waals surface area contributed by atoms with E-state index in [1.54, 1.807) is 6.20 Å². The maximum Gasteiger partial charge on any atom is 0.146 e. The van der Waals surface area contributed by atoms with Crippen molar-refractivity contribution < 1.29 is 4.21 Å². The molecule has 0 saturated carbocycles. The van der Waals surface area contributed by atoms with Crippen LogP contribution in [-0.4, -0.2) is 37.7 Å². The van der Waals surface area contributed by atoms with E-state index in [4.69, 9.17) is 11.5 Å². The van der Waals surface area contributed by atoms with Gasteiger partial charge < -0.3 is 20.9 Å². The Morgan fingerprint density at radius 1 is 1.23 bits per heavy atom. The van der Waals surface area contributed by atoms with Crippen LogP contribution >= 0.6 is 0 Å². The average Bonchev–Trinajstić information content (AvgIpc) is 3.01. The average molecular weight is 493 g/mol. The summed E-state index contributed by atoms with van der Waals surface area (Å²) >= 11 is 0. The van der Waals surface area contributed by atoms with Gasteiger partial charge in [-0.05, 0) is 61.2 Å². The van der Waals surface area contributed by atoms with Gasteiger partial charge in [0, 0.05) is 62.8 Å². The van der Waals surface area contributed by atoms with E-state index in [1.807, 2.05) is 36.7 Å². The second-order valence-electron chi connectivity index (χ2n) is 9.29. The van der Waals surface area contributed by atoms with Crippen LogP contribution in [-0.2, 0) is 31.0 Å². The van der Waals surface area contributed by atoms with E-state index >= 15 is 0 Å². The van der Waals surface area contributed by atoms with Gasteiger partial charge in [0.05, 0.1) is 4.90 Å². The molecule has 3 heterocycles. The minimum Gasteiger partial charge on any atom is -0.402 e. The predicted molar refractivity (Wildman–Crippen MR) is 145 cm³/mol. The topological polar surface area (TPSA) is 93.4 Å². The number of nitrogens with two attached hydrogens (primary N) is 2. The summed E-state index contributed by atoms with van der Waals surface area (Å²) in [6, 6.07) is 12.5. The smallest absolute Gasteiger partial charge is 0.146 e. The zero-order valence-electron chi connectivity index (χ0n) is 21.1. The van der Waals surface area contributed by atoms with Crippen LogP contribution in [0, 0.1) is 6.92 Å². The van der Waals surface area contributed by atoms with Crippen molar-refractivity contribution in [2.75, 3.05) is 30.3 Å². The zero-order chi connectivity index (χ0) is 25.1. The van der Waals surface area contributed by atoms with Crippen LogP contribution < -0.4 is 16.4 Å². The molecular formula is C27H36N6OS. The molecule has 1 atom stereocenters. The number of benzene rings is 1. The first-order valence-corrected chi connectivity index (χ1v) is 13.2. The Bertz CT molecular complexity index is 1260. The number of pyridine rings is 1. The van der Waals surface area contributed by atoms with E-state index in [9.17, 15) is 4.21 Å². The van der Waals surface area contributed by atoms with Gasteiger partial charge in [0.1, 0.15) is 22.6 Å². The van der Waals surface area contributed by atoms with E-state index < -0.39 is 11.0 Å². The molecule has 0 fully saturated rings. The number of rotatable bonds is 7. The fourth-order valence-corrected chi connectivity index (χ4v) is 5.89. The number of fused-ring (bicyclic) bond motifs is 1. The van der Waals surface area contributed by atoms with E-state index in [1.165, 1.54) is 16.7 Å². The Morgan fingerprint density at radius 2 is 2.03 bits per heavy atom. The summed E-state index contributed by atoms with van der Waals surface area (Å²) in [5.41, 5.74) is 18.5. The molecular weight excluding hydrogens is 456 g/mol. The number of aryl methyl sites for hydroxylation is 1. The molecule has 1 aliphatic heterocycles. The lowest BCUT2D eigenvalue weighted by atomic mass is 10.0. The summed E-state index contributed by atoms with van der Waals surface area (Å²) in [4.78, 5) is 7.62. The molecule has 186 valence electrons. The third kappa shape index (κ3) is 5.44. The largest absolute Gasteiger partial charge is 0.402 e. The lowest BCUT2D eigenvalue weighted by Crippen LogP contribution is -2.33. The van der Waals surface area contributed by atoms with Crippen molar-refractivity contribution >= 4 is 28.7 Å². The van der Waals surface area contributed by atoms with E-state index in [0.29, 0.717) is 12.4 Å². The Kier molecular flexibility index (Phi) is 7.62. The van der Waals surface area contributed by atoms with Gasteiger partial charge in [-0.15, -0.1) is 0 Å². The Hall–Kier alpha value is -3.10. The standard InChI is InChI=1S/C27H36N6OS/c1-5-11-32-12-13-33(35(34)25-7-6-10-30-27(25)32)18-23-15-21(9-8-19(23)2)16-24-17-22(14-20(3)28)26(29)31(24)4/h6-10,14-15,17H,5,11-13,16,18,28-29H2,1-4H3/b20-14-. The van der Waals surface area contributed by atoms with E-state index in [0.717, 1.165) is 60.1 Å². The summed E-state index contributed by atoms with van der Waals surface area (Å²) in [5, 5.41) is 0. The molecule has 2 aromatic heterocycles. The Morgan fingerprint density at radius 3 is 2.77 bits per heavy atom. The monoisotopic (exact) mass is 492 g/mol. The molecule has 1 unspecified atom stereocenters. The predicted octanol–water partition coefficient (Wildman–Crippen LogP) is 3.98. The van der Waals surface area contributed by atoms with Crippen LogP contribution in [0.5, 0.6) is 0 Å². The molecule has 4 rings (SSSR count). The molecule has 3 aromatic rings. The number of allylic oxidation sites excluding steroid dienone is 1. The highest BCUT2D eigenvalue weighted by atomic mass is 32.2. The molecule has 0 amide bonds. The Balaban J connectivity index is 1.59. The van der Waals surface area contributed by atoms with Gasteiger partial charge >= 0.3 is 0 Å². The second kappa shape index (κ2) is 10.7. The number of hydrogen-bond donors (Lipinski definition) is 2. The van der Waals surface area contributed by atoms with Gasteiger partial charge in [-0.25, -0.2) is 13.5 Å². The summed E-state index contributed by atoms with van der Waals surface area (Å²) in [5.74, 6) is 1.56. The van der Waals surface area contributed by atoms with Crippen LogP contribution in [0.15, 0.2) is 53.2 Å². The van der Waals surface area contributed by atoms with Crippen molar-refractivity contribution in [1.29, 1.82) is 0 Å². The maximum atomic E-state index is 13.6. The first-order valence-electron chi connectivity index (χ1n) is 12.1. The zero-order valence-corrected chi connectivity index (χ0v) is 21.9. The number of hydrogen-bond acceptors (Lipinski definition) is 5. The van der Waals surface area contributed by atoms with Crippen molar-refractivity contribution in [3.63, 3.8) is 0 Å². The number of nitrogen functional groups attached to an aromatic ring is 1. The van der Waals surface area contributed by atoms with Gasteiger partial charge in [0.25, 0.3) is 0 Å². The minimum absolute atomic E-state index is 0.621. The van der Waals surface area contributed by atoms with Crippen molar-refractivity contribution in [2.45, 2.75) is 45.1 Å². The van der Waals surface area contributed by atoms with Crippen LogP contribution in [0.2, 0.25) is 0 Å². The highest BCUT2D eigenvalue weighted by molar-refractivity contribution is 7.82. The third-order valence-corrected chi connectivity index (χ3v) is 8.00. The first-order chi connectivity index (χ1) is 16.8. The van der Waals surface area contributed by atoms with E-state index in [-0.39, 0.29) is 0 Å². The number of anilines is 2. The van der Waals surface area contributed by atoms with Crippen molar-refractivity contribution in [2.24, 2.45) is 12.8 Å². The molecule has 7 nitrogen and oxygen atoms in total. The number of aromatic nitrogens is 2. The van der Waals surface area contributed by atoms with Gasteiger partial charge in [-0.2, -0.15) is 0 Å². The van der Waals surface area contributed by atoms with Crippen LogP contribution in [0.4, 0.5) is 11.6 Å². The van der Waals surface area contributed by atoms with Gasteiger partial charge in [0.2, 0.25) is 0 Å². The fourth-order valence-electron chi connectivity index (χ4n) is 4.57. The molecule has 35 heavy (non-hydrogen) atoms. The molecule has 0 aliphatic carbocycles. The lowest BCUT2D eigenvalue weighted by Gasteiger charge is -2.22. The summed E-state index contributed by atoms with van der Waals surface area (Å²) in [6.45, 7) is 9.19. The number of nitrogens with zero attached hydrogens (tertiary/aromatic N) is 4. The van der Waals surface area contributed by atoms with Gasteiger partial charge in [0.15, 0.2) is 0 Å². The van der Waals surface area contributed by atoms with E-state index in [2.05, 4.69) is 52.3 Å². The molecule has 0 bridgehead atoms. The quantitative estimate of drug-likeness (QED) is 0.520. The highest BCUT2D eigenvalue weighted by Gasteiger charge is 2.27. The summed E-state index contributed by atoms with van der Waals surface area (Å²) in [7, 11) is 0.716. The Labute approximate surface area is 211 Å². The highest BCUT2D eigenvalue weighted by Crippen LogP contribution is 2.28. The molecule has 1 aromatic carbocycles. The maximum absolute atomic E-state index is 13.6. The van der Waals surface area contributed by atoms with Gasteiger partial charge in [-0.1, -0.05) is 25.1 Å². The normalized spacial score (nSPS) is 16.9. The van der Waals surface area contributed by atoms with Crippen LogP contribution in [0.1, 0.15) is 48.2 Å². The molecule has 8 heteroatoms. The van der Waals surface area contributed by atoms with Crippen LogP contribution in [0.3, 0.4) is 0 Å². The molecule has 4 N–H and O–H groups in total.